The second-order valence-electron chi connectivity index (χ2n) is 9.29. The van der Waals surface area contributed by atoms with Crippen molar-refractivity contribution in [1.82, 2.24) is 19.7 Å². The fraction of sp³-hybridized carbons (Fsp3) is 0.385. The molecule has 7 nitrogen and oxygen atoms in total. The second kappa shape index (κ2) is 8.43. The first-order valence-electron chi connectivity index (χ1n) is 11.7. The Kier molecular flexibility index (Phi) is 5.68. The Bertz CT molecular complexity index is 1280. The van der Waals surface area contributed by atoms with Gasteiger partial charge in [0.05, 0.1) is 0 Å². The highest BCUT2D eigenvalue weighted by molar-refractivity contribution is 9.10. The molecule has 5 rings (SSSR count). The lowest BCUT2D eigenvalue weighted by molar-refractivity contribution is -0.133. The van der Waals surface area contributed by atoms with Crippen LogP contribution in [0.2, 0.25) is 0 Å². The number of halogens is 1. The summed E-state index contributed by atoms with van der Waals surface area (Å²) in [6.45, 7) is 8.77. The zero-order valence-electron chi connectivity index (χ0n) is 19.6. The number of fused-ring (bicyclic) bond motifs is 4. The molecule has 0 spiro atoms. The van der Waals surface area contributed by atoms with Crippen molar-refractivity contribution >= 4 is 38.8 Å². The number of carbonyl (C=O) groups excluding carboxylic acids is 2. The molecule has 2 aromatic carbocycles. The minimum Gasteiger partial charge on any atom is -0.508 e. The number of rotatable bonds is 6. The lowest BCUT2D eigenvalue weighted by Gasteiger charge is -2.42. The molecule has 0 saturated carbocycles. The first-order valence-corrected chi connectivity index (χ1v) is 12.5. The number of urea groups is 1. The number of H-pyrrole nitrogens is 1. The number of aromatic hydroxyl groups is 1. The Labute approximate surface area is 207 Å². The number of nitrogens with one attached hydrogen (secondary N) is 1. The Hall–Kier alpha value is -2.84. The summed E-state index contributed by atoms with van der Waals surface area (Å²) in [7, 11) is 0. The minimum absolute atomic E-state index is 0.126. The van der Waals surface area contributed by atoms with E-state index in [0.29, 0.717) is 19.5 Å². The Balaban J connectivity index is 1.65. The number of phenols is 1. The van der Waals surface area contributed by atoms with Crippen LogP contribution in [0.25, 0.3) is 10.9 Å². The molecule has 34 heavy (non-hydrogen) atoms. The van der Waals surface area contributed by atoms with Crippen molar-refractivity contribution in [3.63, 3.8) is 0 Å². The maximum Gasteiger partial charge on any atom is 0.328 e. The zero-order valence-corrected chi connectivity index (χ0v) is 21.2. The Morgan fingerprint density at radius 1 is 1.18 bits per heavy atom. The van der Waals surface area contributed by atoms with Crippen LogP contribution < -0.4 is 0 Å². The van der Waals surface area contributed by atoms with Crippen LogP contribution in [-0.2, 0) is 11.2 Å². The summed E-state index contributed by atoms with van der Waals surface area (Å²) >= 11 is 3.57. The summed E-state index contributed by atoms with van der Waals surface area (Å²) < 4.78 is 0.956. The predicted octanol–water partition coefficient (Wildman–Crippen LogP) is 4.65. The Morgan fingerprint density at radius 3 is 2.65 bits per heavy atom. The normalized spacial score (nSPS) is 22.1. The van der Waals surface area contributed by atoms with Crippen LogP contribution in [-0.4, -0.2) is 68.4 Å². The van der Waals surface area contributed by atoms with Crippen LogP contribution >= 0.6 is 15.9 Å². The lowest BCUT2D eigenvalue weighted by Crippen LogP contribution is -2.53. The molecule has 2 N–H and O–H groups in total. The Morgan fingerprint density at radius 2 is 1.94 bits per heavy atom. The van der Waals surface area contributed by atoms with Gasteiger partial charge >= 0.3 is 6.03 Å². The number of phenolic OH excluding ortho intramolecular Hbond substituents is 1. The summed E-state index contributed by atoms with van der Waals surface area (Å²) in [5.74, 6) is -0.0358. The number of likely N-dealkylation sites (N-methyl/N-ethyl adjacent to an activating group) is 1. The highest BCUT2D eigenvalue weighted by Gasteiger charge is 2.60. The number of amides is 3. The monoisotopic (exact) mass is 524 g/mol. The van der Waals surface area contributed by atoms with Gasteiger partial charge in [-0.1, -0.05) is 41.9 Å². The molecule has 0 aliphatic carbocycles. The zero-order chi connectivity index (χ0) is 24.2. The van der Waals surface area contributed by atoms with Crippen molar-refractivity contribution in [2.45, 2.75) is 38.8 Å². The smallest absolute Gasteiger partial charge is 0.328 e. The topological polar surface area (TPSA) is 79.9 Å². The van der Waals surface area contributed by atoms with E-state index >= 15 is 0 Å². The van der Waals surface area contributed by atoms with E-state index in [-0.39, 0.29) is 17.7 Å². The van der Waals surface area contributed by atoms with Crippen LogP contribution in [0.3, 0.4) is 0 Å². The number of hydrogen-bond acceptors (Lipinski definition) is 4. The van der Waals surface area contributed by atoms with Crippen LogP contribution in [0.1, 0.15) is 43.6 Å². The van der Waals surface area contributed by atoms with Gasteiger partial charge in [0.15, 0.2) is 0 Å². The van der Waals surface area contributed by atoms with Gasteiger partial charge in [0.25, 0.3) is 5.91 Å². The first-order chi connectivity index (χ1) is 16.3. The van der Waals surface area contributed by atoms with Gasteiger partial charge in [-0.2, -0.15) is 0 Å². The molecule has 1 saturated heterocycles. The predicted molar refractivity (Wildman–Crippen MR) is 135 cm³/mol. The summed E-state index contributed by atoms with van der Waals surface area (Å²) in [4.78, 5) is 36.5. The van der Waals surface area contributed by atoms with Crippen molar-refractivity contribution in [2.24, 2.45) is 0 Å². The molecule has 1 aromatic heterocycles. The molecule has 2 aliphatic heterocycles. The van der Waals surface area contributed by atoms with Gasteiger partial charge < -0.3 is 15.0 Å². The summed E-state index contributed by atoms with van der Waals surface area (Å²) in [5, 5.41) is 11.3. The number of imide groups is 1. The fourth-order valence-corrected chi connectivity index (χ4v) is 5.87. The van der Waals surface area contributed by atoms with Crippen LogP contribution in [0.4, 0.5) is 4.79 Å². The van der Waals surface area contributed by atoms with Crippen LogP contribution in [0.15, 0.2) is 46.9 Å². The van der Waals surface area contributed by atoms with E-state index in [9.17, 15) is 14.7 Å². The number of aromatic amines is 1. The van der Waals surface area contributed by atoms with Crippen molar-refractivity contribution < 1.29 is 14.7 Å². The number of benzene rings is 2. The third-order valence-corrected chi connectivity index (χ3v) is 7.84. The quantitative estimate of drug-likeness (QED) is 0.460. The number of nitrogens with zero attached hydrogens (tertiary/aromatic N) is 3. The van der Waals surface area contributed by atoms with E-state index in [1.54, 1.807) is 23.1 Å². The minimum atomic E-state index is -1.01. The molecule has 0 radical (unpaired) electrons. The number of hydrogen-bond donors (Lipinski definition) is 2. The summed E-state index contributed by atoms with van der Waals surface area (Å²) in [5.41, 5.74) is 2.64. The molecule has 3 heterocycles. The second-order valence-corrected chi connectivity index (χ2v) is 10.2. The average molecular weight is 525 g/mol. The summed E-state index contributed by atoms with van der Waals surface area (Å²) in [6.07, 6.45) is 0.431. The molecular weight excluding hydrogens is 496 g/mol. The third-order valence-electron chi connectivity index (χ3n) is 7.35. The molecule has 2 aliphatic rings. The van der Waals surface area contributed by atoms with Crippen molar-refractivity contribution in [3.8, 4) is 5.75 Å². The van der Waals surface area contributed by atoms with Gasteiger partial charge in [0.1, 0.15) is 17.3 Å². The standard InChI is InChI=1S/C26H29BrN4O3/c1-4-29(5-2)11-12-30-24(33)26(3)15-20-19-14-17(27)9-10-21(19)28-22(20)23(31(26)25(30)34)16-7-6-8-18(32)13-16/h6-10,13-14,23,28,32H,4-5,11-12,15H2,1-3H3. The van der Waals surface area contributed by atoms with Gasteiger partial charge in [-0.05, 0) is 61.5 Å². The largest absolute Gasteiger partial charge is 0.508 e. The molecule has 2 atom stereocenters. The maximum absolute atomic E-state index is 13.8. The summed E-state index contributed by atoms with van der Waals surface area (Å²) in [6, 6.07) is 12.2. The SMILES string of the molecule is CCN(CC)CCN1C(=O)N2C(c3cccc(O)c3)c3[nH]c4ccc(Br)cc4c3CC2(C)C1=O. The van der Waals surface area contributed by atoms with E-state index < -0.39 is 11.6 Å². The molecule has 178 valence electrons. The van der Waals surface area contributed by atoms with E-state index in [1.807, 2.05) is 25.1 Å². The first kappa shape index (κ1) is 22.9. The number of carbonyl (C=O) groups is 2. The maximum atomic E-state index is 13.8. The van der Waals surface area contributed by atoms with E-state index in [0.717, 1.165) is 45.3 Å². The van der Waals surface area contributed by atoms with Crippen molar-refractivity contribution in [1.29, 1.82) is 0 Å². The van der Waals surface area contributed by atoms with Gasteiger partial charge in [0.2, 0.25) is 0 Å². The van der Waals surface area contributed by atoms with Gasteiger partial charge in [-0.25, -0.2) is 4.79 Å². The van der Waals surface area contributed by atoms with Crippen LogP contribution in [0, 0.1) is 0 Å². The molecule has 8 heteroatoms. The lowest BCUT2D eigenvalue weighted by atomic mass is 9.81. The molecule has 3 aromatic rings. The molecular formula is C26H29BrN4O3. The number of aromatic nitrogens is 1. The molecule has 1 fully saturated rings. The van der Waals surface area contributed by atoms with Gasteiger partial charge in [-0.3, -0.25) is 14.6 Å². The highest BCUT2D eigenvalue weighted by atomic mass is 79.9. The van der Waals surface area contributed by atoms with E-state index in [2.05, 4.69) is 45.7 Å². The van der Waals surface area contributed by atoms with Gasteiger partial charge in [-0.15, -0.1) is 0 Å². The fourth-order valence-electron chi connectivity index (χ4n) is 5.50. The van der Waals surface area contributed by atoms with Gasteiger partial charge in [0, 0.05) is 40.6 Å². The highest BCUT2D eigenvalue weighted by Crippen LogP contribution is 2.49. The third kappa shape index (κ3) is 3.43. The molecule has 2 unspecified atom stereocenters. The van der Waals surface area contributed by atoms with E-state index in [4.69, 9.17) is 0 Å². The van der Waals surface area contributed by atoms with Crippen LogP contribution in [0.5, 0.6) is 5.75 Å². The van der Waals surface area contributed by atoms with Crippen molar-refractivity contribution in [2.75, 3.05) is 26.2 Å². The molecule has 3 amide bonds. The molecule has 0 bridgehead atoms. The average Bonchev–Trinajstić information content (AvgIpc) is 3.25. The van der Waals surface area contributed by atoms with Crippen molar-refractivity contribution in [3.05, 3.63) is 63.8 Å². The van der Waals surface area contributed by atoms with E-state index in [1.165, 1.54) is 4.90 Å².